The van der Waals surface area contributed by atoms with E-state index in [1.165, 1.54) is 0 Å². The Hall–Kier alpha value is -1.89. The van der Waals surface area contributed by atoms with Gasteiger partial charge in [-0.05, 0) is 13.0 Å². The predicted molar refractivity (Wildman–Crippen MR) is 55.3 cm³/mol. The van der Waals surface area contributed by atoms with E-state index in [9.17, 15) is 9.59 Å². The number of hydrogen-bond donors (Lipinski definition) is 3. The van der Waals surface area contributed by atoms with Crippen LogP contribution in [0.5, 0.6) is 0 Å². The molecule has 1 aromatic rings. The molecule has 16 heavy (non-hydrogen) atoms. The maximum Gasteiger partial charge on any atom is 0.322 e. The number of carbonyl (C=O) groups excluding carboxylic acids is 2. The van der Waals surface area contributed by atoms with Crippen molar-refractivity contribution in [2.24, 2.45) is 5.73 Å². The van der Waals surface area contributed by atoms with E-state index in [-0.39, 0.29) is 6.54 Å². The van der Waals surface area contributed by atoms with Gasteiger partial charge in [0.2, 0.25) is 0 Å². The van der Waals surface area contributed by atoms with Gasteiger partial charge in [0.25, 0.3) is 5.91 Å². The average molecular weight is 223 g/mol. The first kappa shape index (κ1) is 10.6. The number of nitrogens with two attached hydrogens (primary N) is 1. The third-order valence-corrected chi connectivity index (χ3v) is 2.70. The lowest BCUT2D eigenvalue weighted by Crippen LogP contribution is -2.51. The number of aryl methyl sites for hydroxylation is 1. The molecule has 0 bridgehead atoms. The molecule has 86 valence electrons. The van der Waals surface area contributed by atoms with Crippen molar-refractivity contribution in [3.63, 3.8) is 0 Å². The minimum Gasteiger partial charge on any atom is -0.327 e. The number of aromatic nitrogens is 2. The lowest BCUT2D eigenvalue weighted by molar-refractivity contribution is -0.124. The highest BCUT2D eigenvalue weighted by Gasteiger charge is 2.48. The molecule has 1 aromatic heterocycles. The summed E-state index contributed by atoms with van der Waals surface area (Å²) in [5, 5.41) is 8.81. The highest BCUT2D eigenvalue weighted by Crippen LogP contribution is 2.23. The van der Waals surface area contributed by atoms with E-state index < -0.39 is 17.5 Å². The number of nitrogens with zero attached hydrogens (tertiary/aromatic N) is 2. The smallest absolute Gasteiger partial charge is 0.322 e. The highest BCUT2D eigenvalue weighted by atomic mass is 16.2. The van der Waals surface area contributed by atoms with Crippen LogP contribution in [0, 0.1) is 0 Å². The Labute approximate surface area is 92.0 Å². The van der Waals surface area contributed by atoms with Crippen LogP contribution in [-0.4, -0.2) is 28.3 Å². The first-order valence-corrected chi connectivity index (χ1v) is 5.00. The van der Waals surface area contributed by atoms with Gasteiger partial charge in [0.15, 0.2) is 5.54 Å². The monoisotopic (exact) mass is 223 g/mol. The van der Waals surface area contributed by atoms with Crippen molar-refractivity contribution in [3.05, 3.63) is 18.0 Å². The molecule has 1 fully saturated rings. The van der Waals surface area contributed by atoms with Crippen LogP contribution in [0.1, 0.15) is 12.6 Å². The molecule has 0 unspecified atom stereocenters. The first-order valence-electron chi connectivity index (χ1n) is 5.00. The number of amides is 3. The standard InChI is InChI=1S/C9H13N5O2/c1-2-14-6(3-4-11-14)9(5-10)7(15)12-8(16)13-9/h3-4H,2,5,10H2,1H3,(H2,12,13,15,16)/t9-/m1/s1. The van der Waals surface area contributed by atoms with Gasteiger partial charge in [0.05, 0.1) is 5.69 Å². The van der Waals surface area contributed by atoms with Crippen LogP contribution in [-0.2, 0) is 16.9 Å². The predicted octanol–water partition coefficient (Wildman–Crippen LogP) is -1.10. The number of nitrogens with one attached hydrogen (secondary N) is 2. The Bertz CT molecular complexity index is 441. The largest absolute Gasteiger partial charge is 0.327 e. The molecule has 0 radical (unpaired) electrons. The molecule has 1 atom stereocenters. The molecule has 1 aliphatic rings. The summed E-state index contributed by atoms with van der Waals surface area (Å²) < 4.78 is 1.64. The van der Waals surface area contributed by atoms with E-state index in [2.05, 4.69) is 15.7 Å². The van der Waals surface area contributed by atoms with Gasteiger partial charge >= 0.3 is 6.03 Å². The lowest BCUT2D eigenvalue weighted by atomic mass is 9.95. The van der Waals surface area contributed by atoms with E-state index in [0.717, 1.165) is 0 Å². The normalized spacial score (nSPS) is 24.4. The van der Waals surface area contributed by atoms with Crippen molar-refractivity contribution < 1.29 is 9.59 Å². The van der Waals surface area contributed by atoms with Gasteiger partial charge in [-0.3, -0.25) is 14.8 Å². The quantitative estimate of drug-likeness (QED) is 0.566. The van der Waals surface area contributed by atoms with Gasteiger partial charge in [-0.25, -0.2) is 4.79 Å². The third-order valence-electron chi connectivity index (χ3n) is 2.70. The maximum absolute atomic E-state index is 11.8. The van der Waals surface area contributed by atoms with Gasteiger partial charge < -0.3 is 11.1 Å². The second-order valence-corrected chi connectivity index (χ2v) is 3.55. The Kier molecular flexibility index (Phi) is 2.39. The van der Waals surface area contributed by atoms with E-state index in [0.29, 0.717) is 12.2 Å². The van der Waals surface area contributed by atoms with Crippen LogP contribution in [0.25, 0.3) is 0 Å². The highest BCUT2D eigenvalue weighted by molar-refractivity contribution is 6.07. The van der Waals surface area contributed by atoms with Gasteiger partial charge in [-0.15, -0.1) is 0 Å². The van der Waals surface area contributed by atoms with Crippen molar-refractivity contribution >= 4 is 11.9 Å². The molecule has 2 rings (SSSR count). The van der Waals surface area contributed by atoms with Crippen molar-refractivity contribution in [1.29, 1.82) is 0 Å². The fraction of sp³-hybridized carbons (Fsp3) is 0.444. The fourth-order valence-electron chi connectivity index (χ4n) is 1.87. The number of carbonyl (C=O) groups is 2. The molecule has 1 aliphatic heterocycles. The van der Waals surface area contributed by atoms with Crippen LogP contribution in [0.2, 0.25) is 0 Å². The Morgan fingerprint density at radius 1 is 1.56 bits per heavy atom. The van der Waals surface area contributed by atoms with Gasteiger partial charge in [0, 0.05) is 19.3 Å². The van der Waals surface area contributed by atoms with E-state index in [4.69, 9.17) is 5.73 Å². The summed E-state index contributed by atoms with van der Waals surface area (Å²) in [7, 11) is 0. The van der Waals surface area contributed by atoms with Crippen LogP contribution < -0.4 is 16.4 Å². The molecule has 2 heterocycles. The third kappa shape index (κ3) is 1.28. The van der Waals surface area contributed by atoms with Crippen LogP contribution in [0.15, 0.2) is 12.3 Å². The van der Waals surface area contributed by atoms with Crippen molar-refractivity contribution in [1.82, 2.24) is 20.4 Å². The number of urea groups is 1. The Morgan fingerprint density at radius 2 is 2.31 bits per heavy atom. The fourth-order valence-corrected chi connectivity index (χ4v) is 1.87. The van der Waals surface area contributed by atoms with Crippen molar-refractivity contribution in [2.75, 3.05) is 6.54 Å². The Balaban J connectivity index is 2.50. The topological polar surface area (TPSA) is 102 Å². The molecule has 3 amide bonds. The average Bonchev–Trinajstić information content (AvgIpc) is 2.83. The second kappa shape index (κ2) is 3.60. The SMILES string of the molecule is CCn1nccc1[C@@]1(CN)NC(=O)NC1=O. The van der Waals surface area contributed by atoms with Gasteiger partial charge in [-0.2, -0.15) is 5.10 Å². The van der Waals surface area contributed by atoms with Crippen LogP contribution in [0.3, 0.4) is 0 Å². The summed E-state index contributed by atoms with van der Waals surface area (Å²) in [6, 6.07) is 1.15. The summed E-state index contributed by atoms with van der Waals surface area (Å²) in [4.78, 5) is 23.0. The summed E-state index contributed by atoms with van der Waals surface area (Å²) in [6.07, 6.45) is 1.58. The second-order valence-electron chi connectivity index (χ2n) is 3.55. The molecular weight excluding hydrogens is 210 g/mol. The van der Waals surface area contributed by atoms with Crippen molar-refractivity contribution in [3.8, 4) is 0 Å². The van der Waals surface area contributed by atoms with Crippen LogP contribution >= 0.6 is 0 Å². The van der Waals surface area contributed by atoms with Gasteiger partial charge in [-0.1, -0.05) is 0 Å². The lowest BCUT2D eigenvalue weighted by Gasteiger charge is -2.24. The van der Waals surface area contributed by atoms with E-state index >= 15 is 0 Å². The molecule has 0 aliphatic carbocycles. The summed E-state index contributed by atoms with van der Waals surface area (Å²) in [6.45, 7) is 2.50. The number of imide groups is 1. The zero-order valence-corrected chi connectivity index (χ0v) is 8.86. The summed E-state index contributed by atoms with van der Waals surface area (Å²) >= 11 is 0. The molecular formula is C9H13N5O2. The number of rotatable bonds is 3. The first-order chi connectivity index (χ1) is 7.64. The molecule has 4 N–H and O–H groups in total. The molecule has 0 saturated carbocycles. The maximum atomic E-state index is 11.8. The molecule has 7 heteroatoms. The zero-order chi connectivity index (χ0) is 11.8. The minimum absolute atomic E-state index is 0.00370. The molecule has 0 spiro atoms. The van der Waals surface area contributed by atoms with E-state index in [1.54, 1.807) is 16.9 Å². The molecule has 0 aromatic carbocycles. The number of hydrogen-bond acceptors (Lipinski definition) is 4. The minimum atomic E-state index is -1.19. The van der Waals surface area contributed by atoms with Crippen molar-refractivity contribution in [2.45, 2.75) is 19.0 Å². The Morgan fingerprint density at radius 3 is 2.81 bits per heavy atom. The van der Waals surface area contributed by atoms with Gasteiger partial charge in [0.1, 0.15) is 0 Å². The van der Waals surface area contributed by atoms with Crippen LogP contribution in [0.4, 0.5) is 4.79 Å². The summed E-state index contributed by atoms with van der Waals surface area (Å²) in [5.41, 5.74) is 5.03. The molecule has 1 saturated heterocycles. The summed E-state index contributed by atoms with van der Waals surface area (Å²) in [5.74, 6) is -0.435. The molecule has 7 nitrogen and oxygen atoms in total. The zero-order valence-electron chi connectivity index (χ0n) is 8.86. The van der Waals surface area contributed by atoms with E-state index in [1.807, 2.05) is 6.92 Å².